The Morgan fingerprint density at radius 1 is 1.42 bits per heavy atom. The van der Waals surface area contributed by atoms with Crippen LogP contribution in [0.5, 0.6) is 0 Å². The number of halogens is 2. The van der Waals surface area contributed by atoms with Crippen LogP contribution < -0.4 is 5.32 Å². The molecule has 0 radical (unpaired) electrons. The highest BCUT2D eigenvalue weighted by Crippen LogP contribution is 2.15. The van der Waals surface area contributed by atoms with Gasteiger partial charge in [-0.2, -0.15) is 0 Å². The summed E-state index contributed by atoms with van der Waals surface area (Å²) in [6.07, 6.45) is 0.0502. The average Bonchev–Trinajstić information content (AvgIpc) is 2.33. The summed E-state index contributed by atoms with van der Waals surface area (Å²) in [6, 6.07) is 4.63. The first-order valence-electron chi connectivity index (χ1n) is 5.89. The van der Waals surface area contributed by atoms with Gasteiger partial charge in [0.2, 0.25) is 5.91 Å². The van der Waals surface area contributed by atoms with E-state index < -0.39 is 11.9 Å². The zero-order valence-electron chi connectivity index (χ0n) is 10.5. The Kier molecular flexibility index (Phi) is 6.49. The van der Waals surface area contributed by atoms with Gasteiger partial charge in [-0.1, -0.05) is 15.9 Å². The number of carbonyl (C=O) groups is 2. The van der Waals surface area contributed by atoms with E-state index in [1.165, 1.54) is 6.07 Å². The van der Waals surface area contributed by atoms with E-state index in [-0.39, 0.29) is 25.4 Å². The molecular weight excluding hydrogens is 317 g/mol. The van der Waals surface area contributed by atoms with Gasteiger partial charge in [-0.3, -0.25) is 9.59 Å². The van der Waals surface area contributed by atoms with Crippen LogP contribution in [-0.2, 0) is 20.7 Å². The van der Waals surface area contributed by atoms with Gasteiger partial charge in [-0.15, -0.1) is 0 Å². The lowest BCUT2D eigenvalue weighted by molar-refractivity contribution is -0.145. The lowest BCUT2D eigenvalue weighted by Gasteiger charge is -2.06. The van der Waals surface area contributed by atoms with Crippen molar-refractivity contribution in [2.75, 3.05) is 13.2 Å². The third-order valence-electron chi connectivity index (χ3n) is 2.33. The molecule has 0 unspecified atom stereocenters. The van der Waals surface area contributed by atoms with E-state index in [0.29, 0.717) is 12.0 Å². The highest BCUT2D eigenvalue weighted by molar-refractivity contribution is 9.10. The Bertz CT molecular complexity index is 465. The van der Waals surface area contributed by atoms with Gasteiger partial charge in [0.1, 0.15) is 12.2 Å². The van der Waals surface area contributed by atoms with Crippen LogP contribution in [0.25, 0.3) is 0 Å². The summed E-state index contributed by atoms with van der Waals surface area (Å²) in [5.74, 6) is -1.30. The molecule has 19 heavy (non-hydrogen) atoms. The fraction of sp³-hybridized carbons (Fsp3) is 0.385. The van der Waals surface area contributed by atoms with Crippen LogP contribution in [0.15, 0.2) is 22.7 Å². The summed E-state index contributed by atoms with van der Waals surface area (Å²) in [5.41, 5.74) is 0.505. The van der Waals surface area contributed by atoms with Crippen molar-refractivity contribution in [3.05, 3.63) is 34.1 Å². The number of hydrogen-bond donors (Lipinski definition) is 1. The van der Waals surface area contributed by atoms with Crippen molar-refractivity contribution in [3.63, 3.8) is 0 Å². The molecule has 1 amide bonds. The molecule has 6 heteroatoms. The lowest BCUT2D eigenvalue weighted by atomic mass is 10.1. The fourth-order valence-electron chi connectivity index (χ4n) is 1.48. The number of rotatable bonds is 6. The zero-order chi connectivity index (χ0) is 14.3. The monoisotopic (exact) mass is 331 g/mol. The van der Waals surface area contributed by atoms with Crippen LogP contribution in [0.1, 0.15) is 18.9 Å². The van der Waals surface area contributed by atoms with E-state index >= 15 is 0 Å². The van der Waals surface area contributed by atoms with Crippen molar-refractivity contribution in [3.8, 4) is 0 Å². The molecular formula is C13H15BrFNO3. The molecule has 0 bridgehead atoms. The third kappa shape index (κ3) is 5.83. The van der Waals surface area contributed by atoms with Gasteiger partial charge in [0, 0.05) is 11.0 Å². The van der Waals surface area contributed by atoms with Gasteiger partial charge < -0.3 is 10.1 Å². The molecule has 0 aromatic heterocycles. The van der Waals surface area contributed by atoms with Gasteiger partial charge in [0.05, 0.1) is 6.61 Å². The smallest absolute Gasteiger partial charge is 0.315 e. The predicted molar refractivity (Wildman–Crippen MR) is 72.1 cm³/mol. The zero-order valence-corrected chi connectivity index (χ0v) is 12.1. The van der Waals surface area contributed by atoms with Crippen molar-refractivity contribution in [1.29, 1.82) is 0 Å². The Hall–Kier alpha value is -1.43. The second-order valence-electron chi connectivity index (χ2n) is 3.82. The number of nitrogens with one attached hydrogen (secondary N) is 1. The van der Waals surface area contributed by atoms with E-state index in [2.05, 4.69) is 26.0 Å². The molecule has 0 atom stereocenters. The average molecular weight is 332 g/mol. The van der Waals surface area contributed by atoms with Gasteiger partial charge in [0.25, 0.3) is 0 Å². The van der Waals surface area contributed by atoms with E-state index in [4.69, 9.17) is 0 Å². The molecule has 0 heterocycles. The maximum absolute atomic E-state index is 13.4. The number of benzene rings is 1. The minimum absolute atomic E-state index is 0.245. The number of hydrogen-bond acceptors (Lipinski definition) is 3. The molecule has 0 saturated carbocycles. The van der Waals surface area contributed by atoms with Crippen molar-refractivity contribution in [1.82, 2.24) is 5.32 Å². The highest BCUT2D eigenvalue weighted by Gasteiger charge is 2.10. The normalized spacial score (nSPS) is 10.1. The lowest BCUT2D eigenvalue weighted by Crippen LogP contribution is -2.28. The van der Waals surface area contributed by atoms with Crippen LogP contribution in [-0.4, -0.2) is 25.0 Å². The molecule has 0 saturated heterocycles. The summed E-state index contributed by atoms with van der Waals surface area (Å²) in [5, 5.41) is 2.55. The summed E-state index contributed by atoms with van der Waals surface area (Å²) in [4.78, 5) is 22.4. The van der Waals surface area contributed by atoms with Crippen LogP contribution in [0.2, 0.25) is 0 Å². The largest absolute Gasteiger partial charge is 0.466 e. The number of amides is 1. The topological polar surface area (TPSA) is 55.4 Å². The van der Waals surface area contributed by atoms with Crippen molar-refractivity contribution in [2.24, 2.45) is 0 Å². The molecule has 1 N–H and O–H groups in total. The highest BCUT2D eigenvalue weighted by atomic mass is 79.9. The summed E-state index contributed by atoms with van der Waals surface area (Å²) < 4.78 is 18.8. The standard InChI is InChI=1S/C13H15BrFNO3/c1-2-19-13(18)8-12(17)16-6-5-9-7-10(14)3-4-11(9)15/h3-4,7H,2,5-6,8H2,1H3,(H,16,17). The SMILES string of the molecule is CCOC(=O)CC(=O)NCCc1cc(Br)ccc1F. The molecule has 1 aromatic carbocycles. The predicted octanol–water partition coefficient (Wildman–Crippen LogP) is 2.20. The molecule has 0 spiro atoms. The summed E-state index contributed by atoms with van der Waals surface area (Å²) >= 11 is 3.25. The molecule has 4 nitrogen and oxygen atoms in total. The van der Waals surface area contributed by atoms with Crippen LogP contribution in [0.3, 0.4) is 0 Å². The quantitative estimate of drug-likeness (QED) is 0.642. The van der Waals surface area contributed by atoms with E-state index in [1.54, 1.807) is 19.1 Å². The molecule has 1 aromatic rings. The Balaban J connectivity index is 2.35. The molecule has 0 aliphatic heterocycles. The number of esters is 1. The summed E-state index contributed by atoms with van der Waals surface area (Å²) in [6.45, 7) is 2.19. The van der Waals surface area contributed by atoms with Gasteiger partial charge in [-0.25, -0.2) is 4.39 Å². The van der Waals surface area contributed by atoms with Gasteiger partial charge in [-0.05, 0) is 37.1 Å². The molecule has 0 aliphatic carbocycles. The van der Waals surface area contributed by atoms with E-state index in [9.17, 15) is 14.0 Å². The van der Waals surface area contributed by atoms with Crippen molar-refractivity contribution >= 4 is 27.8 Å². The minimum atomic E-state index is -0.561. The van der Waals surface area contributed by atoms with Crippen LogP contribution in [0.4, 0.5) is 4.39 Å². The van der Waals surface area contributed by atoms with Crippen LogP contribution >= 0.6 is 15.9 Å². The second-order valence-corrected chi connectivity index (χ2v) is 4.73. The number of ether oxygens (including phenoxy) is 1. The van der Waals surface area contributed by atoms with Gasteiger partial charge >= 0.3 is 5.97 Å². The first-order chi connectivity index (χ1) is 9.02. The first kappa shape index (κ1) is 15.6. The molecule has 0 fully saturated rings. The molecule has 1 rings (SSSR count). The Labute approximate surface area is 119 Å². The number of carbonyl (C=O) groups excluding carboxylic acids is 2. The Morgan fingerprint density at radius 3 is 2.84 bits per heavy atom. The maximum Gasteiger partial charge on any atom is 0.315 e. The fourth-order valence-corrected chi connectivity index (χ4v) is 1.89. The minimum Gasteiger partial charge on any atom is -0.466 e. The molecule has 0 aliphatic rings. The van der Waals surface area contributed by atoms with Gasteiger partial charge in [0.15, 0.2) is 0 Å². The Morgan fingerprint density at radius 2 is 2.16 bits per heavy atom. The second kappa shape index (κ2) is 7.89. The third-order valence-corrected chi connectivity index (χ3v) is 2.83. The molecule has 104 valence electrons. The van der Waals surface area contributed by atoms with E-state index in [0.717, 1.165) is 4.47 Å². The summed E-state index contributed by atoms with van der Waals surface area (Å²) in [7, 11) is 0. The van der Waals surface area contributed by atoms with Crippen molar-refractivity contribution < 1.29 is 18.7 Å². The van der Waals surface area contributed by atoms with E-state index in [1.807, 2.05) is 0 Å². The van der Waals surface area contributed by atoms with Crippen molar-refractivity contribution in [2.45, 2.75) is 19.8 Å². The first-order valence-corrected chi connectivity index (χ1v) is 6.68. The van der Waals surface area contributed by atoms with Crippen LogP contribution in [0, 0.1) is 5.82 Å². The maximum atomic E-state index is 13.4.